The van der Waals surface area contributed by atoms with Gasteiger partial charge in [0.05, 0.1) is 16.9 Å². The van der Waals surface area contributed by atoms with E-state index >= 15 is 0 Å². The Balaban J connectivity index is 1.67. The average molecular weight is 328 g/mol. The van der Waals surface area contributed by atoms with Crippen LogP contribution in [-0.4, -0.2) is 42.7 Å². The molecule has 0 N–H and O–H groups in total. The molecular weight excluding hydrogens is 307 g/mol. The molecule has 126 valence electrons. The number of aliphatic imine (C=N–C) groups is 1. The molecule has 3 heterocycles. The van der Waals surface area contributed by atoms with Crippen LogP contribution in [-0.2, 0) is 14.1 Å². The third-order valence-electron chi connectivity index (χ3n) is 5.39. The Morgan fingerprint density at radius 2 is 1.88 bits per heavy atom. The van der Waals surface area contributed by atoms with Gasteiger partial charge in [-0.2, -0.15) is 4.99 Å². The first-order valence-corrected chi connectivity index (χ1v) is 8.23. The lowest BCUT2D eigenvalue weighted by atomic mass is 9.79. The highest BCUT2D eigenvalue weighted by molar-refractivity contribution is 6.62. The van der Waals surface area contributed by atoms with Gasteiger partial charge >= 0.3 is 7.12 Å². The molecule has 7 heteroatoms. The Kier molecular flexibility index (Phi) is 3.15. The second kappa shape index (κ2) is 4.83. The van der Waals surface area contributed by atoms with Crippen molar-refractivity contribution in [1.82, 2.24) is 0 Å². The van der Waals surface area contributed by atoms with Crippen molar-refractivity contribution in [3.05, 3.63) is 18.2 Å². The smallest absolute Gasteiger partial charge is 0.484 e. The van der Waals surface area contributed by atoms with Crippen LogP contribution in [0.1, 0.15) is 34.6 Å². The van der Waals surface area contributed by atoms with E-state index in [9.17, 15) is 4.79 Å². The zero-order valence-corrected chi connectivity index (χ0v) is 14.6. The lowest BCUT2D eigenvalue weighted by Gasteiger charge is -2.32. The standard InChI is InChI=1S/C17H21BN2O4/c1-10-15(21)19-14-9-22-13-8-11(6-7-12(13)20(10)14)18-23-16(2,3)17(4,5)24-18/h6-8,10H,9H2,1-5H3/t10-/m1/s1. The van der Waals surface area contributed by atoms with Crippen molar-refractivity contribution in [3.63, 3.8) is 0 Å². The number of hydrogen-bond donors (Lipinski definition) is 0. The molecule has 6 nitrogen and oxygen atoms in total. The lowest BCUT2D eigenvalue weighted by Crippen LogP contribution is -2.42. The van der Waals surface area contributed by atoms with Crippen molar-refractivity contribution in [2.45, 2.75) is 51.9 Å². The minimum Gasteiger partial charge on any atom is -0.484 e. The highest BCUT2D eigenvalue weighted by atomic mass is 16.7. The summed E-state index contributed by atoms with van der Waals surface area (Å²) >= 11 is 0. The predicted molar refractivity (Wildman–Crippen MR) is 92.0 cm³/mol. The van der Waals surface area contributed by atoms with Crippen LogP contribution in [0.15, 0.2) is 23.2 Å². The molecule has 1 amide bonds. The molecule has 1 aromatic rings. The molecular formula is C17H21BN2O4. The summed E-state index contributed by atoms with van der Waals surface area (Å²) in [5.74, 6) is 1.27. The molecule has 0 spiro atoms. The van der Waals surface area contributed by atoms with Crippen LogP contribution in [0.5, 0.6) is 5.75 Å². The Hall–Kier alpha value is -1.86. The van der Waals surface area contributed by atoms with Gasteiger partial charge < -0.3 is 18.9 Å². The van der Waals surface area contributed by atoms with Crippen LogP contribution >= 0.6 is 0 Å². The number of hydrogen-bond acceptors (Lipinski definition) is 5. The SMILES string of the molecule is C[C@@H]1C(=O)N=C2COc3cc(B4OC(C)(C)C(C)(C)O4)ccc3N21. The first-order valence-electron chi connectivity index (χ1n) is 8.23. The van der Waals surface area contributed by atoms with E-state index in [-0.39, 0.29) is 23.2 Å². The Morgan fingerprint density at radius 3 is 2.54 bits per heavy atom. The summed E-state index contributed by atoms with van der Waals surface area (Å²) in [7, 11) is -0.434. The molecule has 0 saturated carbocycles. The van der Waals surface area contributed by atoms with E-state index in [1.165, 1.54) is 0 Å². The van der Waals surface area contributed by atoms with Gasteiger partial charge in [0.2, 0.25) is 0 Å². The number of benzene rings is 1. The minimum absolute atomic E-state index is 0.128. The normalized spacial score (nSPS) is 26.8. The number of amides is 1. The molecule has 3 aliphatic rings. The van der Waals surface area contributed by atoms with Gasteiger partial charge in [0, 0.05) is 0 Å². The topological polar surface area (TPSA) is 60.4 Å². The summed E-state index contributed by atoms with van der Waals surface area (Å²) in [5, 5.41) is 0. The third kappa shape index (κ3) is 2.11. The van der Waals surface area contributed by atoms with Crippen molar-refractivity contribution in [3.8, 4) is 5.75 Å². The molecule has 0 unspecified atom stereocenters. The van der Waals surface area contributed by atoms with E-state index in [0.717, 1.165) is 16.9 Å². The number of amidine groups is 1. The number of carbonyl (C=O) groups excluding carboxylic acids is 1. The Bertz CT molecular complexity index is 743. The van der Waals surface area contributed by atoms with E-state index < -0.39 is 7.12 Å². The monoisotopic (exact) mass is 328 g/mol. The fourth-order valence-electron chi connectivity index (χ4n) is 3.17. The maximum absolute atomic E-state index is 11.8. The number of rotatable bonds is 1. The van der Waals surface area contributed by atoms with Gasteiger partial charge in [0.25, 0.3) is 5.91 Å². The average Bonchev–Trinajstić information content (AvgIpc) is 2.92. The second-order valence-electron chi connectivity index (χ2n) is 7.52. The summed E-state index contributed by atoms with van der Waals surface area (Å²) in [6.45, 7) is 10.3. The molecule has 4 rings (SSSR count). The number of anilines is 1. The van der Waals surface area contributed by atoms with Crippen molar-refractivity contribution in [2.24, 2.45) is 4.99 Å². The highest BCUT2D eigenvalue weighted by Crippen LogP contribution is 2.39. The van der Waals surface area contributed by atoms with Gasteiger partial charge in [-0.15, -0.1) is 0 Å². The summed E-state index contributed by atoms with van der Waals surface area (Å²) in [4.78, 5) is 17.8. The molecule has 0 aromatic heterocycles. The molecule has 1 atom stereocenters. The largest absolute Gasteiger partial charge is 0.494 e. The summed E-state index contributed by atoms with van der Waals surface area (Å²) in [6.07, 6.45) is 0. The minimum atomic E-state index is -0.434. The molecule has 3 aliphatic heterocycles. The van der Waals surface area contributed by atoms with Crippen LogP contribution < -0.4 is 15.1 Å². The van der Waals surface area contributed by atoms with Gasteiger partial charge in [-0.3, -0.25) is 4.79 Å². The predicted octanol–water partition coefficient (Wildman–Crippen LogP) is 1.51. The molecule has 24 heavy (non-hydrogen) atoms. The van der Waals surface area contributed by atoms with Gasteiger partial charge in [0.15, 0.2) is 5.84 Å². The van der Waals surface area contributed by atoms with E-state index in [4.69, 9.17) is 14.0 Å². The maximum atomic E-state index is 11.8. The molecule has 0 aliphatic carbocycles. The molecule has 0 radical (unpaired) electrons. The van der Waals surface area contributed by atoms with Gasteiger partial charge in [-0.1, -0.05) is 6.07 Å². The van der Waals surface area contributed by atoms with E-state index in [2.05, 4.69) is 4.99 Å². The van der Waals surface area contributed by atoms with Gasteiger partial charge in [-0.05, 0) is 52.2 Å². The number of fused-ring (bicyclic) bond motifs is 3. The molecule has 0 bridgehead atoms. The Labute approximate surface area is 141 Å². The lowest BCUT2D eigenvalue weighted by molar-refractivity contribution is -0.117. The summed E-state index contributed by atoms with van der Waals surface area (Å²) in [5.41, 5.74) is 0.999. The van der Waals surface area contributed by atoms with Gasteiger partial charge in [0.1, 0.15) is 18.4 Å². The number of nitrogens with zero attached hydrogens (tertiary/aromatic N) is 2. The Morgan fingerprint density at radius 1 is 1.21 bits per heavy atom. The molecule has 1 saturated heterocycles. The summed E-state index contributed by atoms with van der Waals surface area (Å²) < 4.78 is 18.0. The van der Waals surface area contributed by atoms with Crippen molar-refractivity contribution in [1.29, 1.82) is 0 Å². The fourth-order valence-corrected chi connectivity index (χ4v) is 3.17. The van der Waals surface area contributed by atoms with Crippen molar-refractivity contribution < 1.29 is 18.8 Å². The van der Waals surface area contributed by atoms with Crippen LogP contribution in [0.2, 0.25) is 0 Å². The first kappa shape index (κ1) is 15.7. The first-order chi connectivity index (χ1) is 11.2. The quantitative estimate of drug-likeness (QED) is 0.732. The number of carbonyl (C=O) groups is 1. The zero-order chi connectivity index (χ0) is 17.3. The van der Waals surface area contributed by atoms with E-state index in [1.807, 2.05) is 57.7 Å². The maximum Gasteiger partial charge on any atom is 0.494 e. The summed E-state index contributed by atoms with van der Waals surface area (Å²) in [6, 6.07) is 5.55. The van der Waals surface area contributed by atoms with Crippen LogP contribution in [0.3, 0.4) is 0 Å². The van der Waals surface area contributed by atoms with Gasteiger partial charge in [-0.25, -0.2) is 0 Å². The van der Waals surface area contributed by atoms with Crippen LogP contribution in [0, 0.1) is 0 Å². The van der Waals surface area contributed by atoms with E-state index in [0.29, 0.717) is 12.4 Å². The zero-order valence-electron chi connectivity index (χ0n) is 14.6. The second-order valence-corrected chi connectivity index (χ2v) is 7.52. The third-order valence-corrected chi connectivity index (χ3v) is 5.39. The fraction of sp³-hybridized carbons (Fsp3) is 0.529. The van der Waals surface area contributed by atoms with Crippen LogP contribution in [0.25, 0.3) is 0 Å². The van der Waals surface area contributed by atoms with Crippen LogP contribution in [0.4, 0.5) is 5.69 Å². The molecule has 1 aromatic carbocycles. The molecule has 1 fully saturated rings. The van der Waals surface area contributed by atoms with Crippen molar-refractivity contribution in [2.75, 3.05) is 11.5 Å². The highest BCUT2D eigenvalue weighted by Gasteiger charge is 2.52. The van der Waals surface area contributed by atoms with Crippen molar-refractivity contribution >= 4 is 30.0 Å². The van der Waals surface area contributed by atoms with E-state index in [1.54, 1.807) is 0 Å². The number of ether oxygens (including phenoxy) is 1.